The van der Waals surface area contributed by atoms with Crippen LogP contribution in [0.1, 0.15) is 24.8 Å². The first-order chi connectivity index (χ1) is 7.65. The maximum Gasteiger partial charge on any atom is 0.0524 e. The molecule has 0 aliphatic carbocycles. The first-order valence-corrected chi connectivity index (χ1v) is 6.38. The summed E-state index contributed by atoms with van der Waals surface area (Å²) in [6.07, 6.45) is 3.14. The van der Waals surface area contributed by atoms with Crippen molar-refractivity contribution >= 4 is 26.8 Å². The van der Waals surface area contributed by atoms with Crippen LogP contribution in [0.25, 0.3) is 10.9 Å². The molecule has 2 N–H and O–H groups in total. The SMILES string of the molecule is CC(CCN)c1cccc2c(Br)cn(C)c12. The molecule has 0 aliphatic rings. The summed E-state index contributed by atoms with van der Waals surface area (Å²) in [5.74, 6) is 0.509. The summed E-state index contributed by atoms with van der Waals surface area (Å²) in [7, 11) is 2.09. The Kier molecular flexibility index (Phi) is 3.36. The Morgan fingerprint density at radius 3 is 2.88 bits per heavy atom. The summed E-state index contributed by atoms with van der Waals surface area (Å²) in [5.41, 5.74) is 8.34. The molecule has 1 heterocycles. The van der Waals surface area contributed by atoms with Gasteiger partial charge in [0.25, 0.3) is 0 Å². The Bertz CT molecular complexity index is 502. The quantitative estimate of drug-likeness (QED) is 0.918. The van der Waals surface area contributed by atoms with Crippen LogP contribution in [-0.2, 0) is 7.05 Å². The van der Waals surface area contributed by atoms with Gasteiger partial charge in [0, 0.05) is 23.1 Å². The molecule has 2 aromatic rings. The van der Waals surface area contributed by atoms with E-state index in [-0.39, 0.29) is 0 Å². The first-order valence-electron chi connectivity index (χ1n) is 5.58. The highest BCUT2D eigenvalue weighted by Gasteiger charge is 2.13. The molecule has 0 saturated carbocycles. The summed E-state index contributed by atoms with van der Waals surface area (Å²) >= 11 is 3.59. The van der Waals surface area contributed by atoms with E-state index in [0.29, 0.717) is 5.92 Å². The van der Waals surface area contributed by atoms with Crippen molar-refractivity contribution in [1.82, 2.24) is 4.57 Å². The van der Waals surface area contributed by atoms with Crippen molar-refractivity contribution in [2.24, 2.45) is 12.8 Å². The topological polar surface area (TPSA) is 30.9 Å². The maximum absolute atomic E-state index is 5.64. The van der Waals surface area contributed by atoms with E-state index < -0.39 is 0 Å². The molecule has 0 bridgehead atoms. The molecular weight excluding hydrogens is 264 g/mol. The van der Waals surface area contributed by atoms with Gasteiger partial charge in [-0.2, -0.15) is 0 Å². The molecule has 1 aromatic heterocycles. The van der Waals surface area contributed by atoms with E-state index in [2.05, 4.69) is 58.9 Å². The zero-order chi connectivity index (χ0) is 11.7. The van der Waals surface area contributed by atoms with Gasteiger partial charge in [-0.15, -0.1) is 0 Å². The molecule has 2 rings (SSSR count). The van der Waals surface area contributed by atoms with Crippen molar-refractivity contribution < 1.29 is 0 Å². The van der Waals surface area contributed by atoms with Crippen LogP contribution in [0, 0.1) is 0 Å². The lowest BCUT2D eigenvalue weighted by Gasteiger charge is -2.13. The van der Waals surface area contributed by atoms with Gasteiger partial charge in [-0.1, -0.05) is 25.1 Å². The van der Waals surface area contributed by atoms with Gasteiger partial charge < -0.3 is 10.3 Å². The number of hydrogen-bond acceptors (Lipinski definition) is 1. The molecule has 0 aliphatic heterocycles. The van der Waals surface area contributed by atoms with Gasteiger partial charge in [-0.05, 0) is 40.4 Å². The lowest BCUT2D eigenvalue weighted by molar-refractivity contribution is 0.691. The maximum atomic E-state index is 5.64. The predicted octanol–water partition coefficient (Wildman–Crippen LogP) is 3.39. The molecule has 86 valence electrons. The van der Waals surface area contributed by atoms with Gasteiger partial charge >= 0.3 is 0 Å². The number of aromatic nitrogens is 1. The van der Waals surface area contributed by atoms with Crippen molar-refractivity contribution in [1.29, 1.82) is 0 Å². The molecule has 0 saturated heterocycles. The minimum atomic E-state index is 0.509. The second-order valence-electron chi connectivity index (χ2n) is 4.31. The molecule has 1 atom stereocenters. The Hall–Kier alpha value is -0.800. The second-order valence-corrected chi connectivity index (χ2v) is 5.16. The lowest BCUT2D eigenvalue weighted by atomic mass is 9.96. The number of rotatable bonds is 3. The van der Waals surface area contributed by atoms with Crippen LogP contribution in [0.4, 0.5) is 0 Å². The third kappa shape index (κ3) is 1.89. The monoisotopic (exact) mass is 280 g/mol. The average molecular weight is 281 g/mol. The number of halogens is 1. The Balaban J connectivity index is 2.61. The molecule has 2 nitrogen and oxygen atoms in total. The Morgan fingerprint density at radius 2 is 2.19 bits per heavy atom. The van der Waals surface area contributed by atoms with Crippen molar-refractivity contribution in [3.8, 4) is 0 Å². The number of aryl methyl sites for hydroxylation is 1. The van der Waals surface area contributed by atoms with E-state index in [1.165, 1.54) is 16.5 Å². The fourth-order valence-corrected chi connectivity index (χ4v) is 2.88. The highest BCUT2D eigenvalue weighted by Crippen LogP contribution is 2.32. The van der Waals surface area contributed by atoms with Crippen LogP contribution in [0.3, 0.4) is 0 Å². The van der Waals surface area contributed by atoms with Crippen LogP contribution in [0.5, 0.6) is 0 Å². The summed E-state index contributed by atoms with van der Waals surface area (Å²) in [6, 6.07) is 6.47. The van der Waals surface area contributed by atoms with Crippen LogP contribution in [-0.4, -0.2) is 11.1 Å². The van der Waals surface area contributed by atoms with Gasteiger partial charge in [0.2, 0.25) is 0 Å². The van der Waals surface area contributed by atoms with Gasteiger partial charge in [-0.3, -0.25) is 0 Å². The van der Waals surface area contributed by atoms with E-state index >= 15 is 0 Å². The summed E-state index contributed by atoms with van der Waals surface area (Å²) in [5, 5.41) is 1.28. The molecule has 0 spiro atoms. The lowest BCUT2D eigenvalue weighted by Crippen LogP contribution is -2.05. The van der Waals surface area contributed by atoms with E-state index in [1.54, 1.807) is 0 Å². The summed E-state index contributed by atoms with van der Waals surface area (Å²) in [6.45, 7) is 2.98. The molecule has 1 aromatic carbocycles. The normalized spacial score (nSPS) is 13.2. The second kappa shape index (κ2) is 4.60. The van der Waals surface area contributed by atoms with Crippen molar-refractivity contribution in [3.05, 3.63) is 34.4 Å². The highest BCUT2D eigenvalue weighted by atomic mass is 79.9. The Morgan fingerprint density at radius 1 is 1.44 bits per heavy atom. The van der Waals surface area contributed by atoms with Crippen molar-refractivity contribution in [2.75, 3.05) is 6.54 Å². The number of benzene rings is 1. The van der Waals surface area contributed by atoms with E-state index in [0.717, 1.165) is 17.4 Å². The largest absolute Gasteiger partial charge is 0.349 e. The molecule has 16 heavy (non-hydrogen) atoms. The van der Waals surface area contributed by atoms with Crippen LogP contribution < -0.4 is 5.73 Å². The fourth-order valence-electron chi connectivity index (χ4n) is 2.25. The molecule has 1 unspecified atom stereocenters. The van der Waals surface area contributed by atoms with E-state index in [1.807, 2.05) is 0 Å². The van der Waals surface area contributed by atoms with Gasteiger partial charge in [0.05, 0.1) is 5.52 Å². The average Bonchev–Trinajstić information content (AvgIpc) is 2.55. The highest BCUT2D eigenvalue weighted by molar-refractivity contribution is 9.10. The van der Waals surface area contributed by atoms with Crippen LogP contribution in [0.15, 0.2) is 28.9 Å². The number of fused-ring (bicyclic) bond motifs is 1. The zero-order valence-corrected chi connectivity index (χ0v) is 11.3. The van der Waals surface area contributed by atoms with E-state index in [9.17, 15) is 0 Å². The zero-order valence-electron chi connectivity index (χ0n) is 9.70. The van der Waals surface area contributed by atoms with Crippen LogP contribution >= 0.6 is 15.9 Å². The smallest absolute Gasteiger partial charge is 0.0524 e. The van der Waals surface area contributed by atoms with Gasteiger partial charge in [0.1, 0.15) is 0 Å². The molecule has 0 radical (unpaired) electrons. The molecule has 3 heteroatoms. The molecule has 0 fully saturated rings. The number of hydrogen-bond donors (Lipinski definition) is 1. The Labute approximate surface area is 105 Å². The van der Waals surface area contributed by atoms with Gasteiger partial charge in [-0.25, -0.2) is 0 Å². The van der Waals surface area contributed by atoms with E-state index in [4.69, 9.17) is 5.73 Å². The predicted molar refractivity (Wildman–Crippen MR) is 72.7 cm³/mol. The van der Waals surface area contributed by atoms with Crippen molar-refractivity contribution in [3.63, 3.8) is 0 Å². The minimum Gasteiger partial charge on any atom is -0.349 e. The summed E-state index contributed by atoms with van der Waals surface area (Å²) < 4.78 is 3.34. The number of para-hydroxylation sites is 1. The van der Waals surface area contributed by atoms with Crippen molar-refractivity contribution in [2.45, 2.75) is 19.3 Å². The number of nitrogens with zero attached hydrogens (tertiary/aromatic N) is 1. The fraction of sp³-hybridized carbons (Fsp3) is 0.385. The van der Waals surface area contributed by atoms with Crippen LogP contribution in [0.2, 0.25) is 0 Å². The third-order valence-electron chi connectivity index (χ3n) is 3.11. The summed E-state index contributed by atoms with van der Waals surface area (Å²) in [4.78, 5) is 0. The molecular formula is C13H17BrN2. The standard InChI is InChI=1S/C13H17BrN2/c1-9(6-7-15)10-4-3-5-11-12(14)8-16(2)13(10)11/h3-5,8-9H,6-7,15H2,1-2H3. The minimum absolute atomic E-state index is 0.509. The number of nitrogens with two attached hydrogens (primary N) is 1. The van der Waals surface area contributed by atoms with Gasteiger partial charge in [0.15, 0.2) is 0 Å². The third-order valence-corrected chi connectivity index (χ3v) is 3.75. The molecule has 0 amide bonds. The first kappa shape index (κ1) is 11.7.